The van der Waals surface area contributed by atoms with Gasteiger partial charge in [0.05, 0.1) is 10.5 Å². The standard InChI is InChI=1S/C13H10N2O7S/c16-14(17)11-7-3-1-5-9(11)13(15(18)19)10-6-2-4-8-12(10)22-23(20)21/h1-8,13H,(H,20,21)/p-1. The number of benzene rings is 2. The van der Waals surface area contributed by atoms with Gasteiger partial charge >= 0.3 is 0 Å². The second-order valence-corrected chi connectivity index (χ2v) is 4.90. The molecule has 120 valence electrons. The third-order valence-electron chi connectivity index (χ3n) is 3.01. The van der Waals surface area contributed by atoms with Crippen LogP contribution in [0.3, 0.4) is 0 Å². The minimum atomic E-state index is -2.93. The van der Waals surface area contributed by atoms with Crippen LogP contribution in [0.1, 0.15) is 17.2 Å². The van der Waals surface area contributed by atoms with Crippen LogP contribution >= 0.6 is 0 Å². The van der Waals surface area contributed by atoms with Crippen LogP contribution in [-0.4, -0.2) is 18.6 Å². The van der Waals surface area contributed by atoms with Crippen molar-refractivity contribution < 1.29 is 22.8 Å². The van der Waals surface area contributed by atoms with E-state index < -0.39 is 32.9 Å². The monoisotopic (exact) mass is 337 g/mol. The predicted molar refractivity (Wildman–Crippen MR) is 77.9 cm³/mol. The summed E-state index contributed by atoms with van der Waals surface area (Å²) in [6, 6.07) is 8.95. The van der Waals surface area contributed by atoms with E-state index in [1.165, 1.54) is 42.5 Å². The van der Waals surface area contributed by atoms with E-state index in [1.807, 2.05) is 0 Å². The summed E-state index contributed by atoms with van der Waals surface area (Å²) < 4.78 is 26.0. The van der Waals surface area contributed by atoms with E-state index in [0.717, 1.165) is 6.07 Å². The lowest BCUT2D eigenvalue weighted by molar-refractivity contribution is -0.519. The summed E-state index contributed by atoms with van der Waals surface area (Å²) in [6.07, 6.45) is 0. The van der Waals surface area contributed by atoms with Gasteiger partial charge in [-0.2, -0.15) is 0 Å². The van der Waals surface area contributed by atoms with Crippen LogP contribution in [0.25, 0.3) is 0 Å². The first kappa shape index (κ1) is 16.5. The fourth-order valence-corrected chi connectivity index (χ4v) is 2.43. The molecule has 0 aliphatic rings. The van der Waals surface area contributed by atoms with Crippen molar-refractivity contribution in [3.8, 4) is 5.75 Å². The summed E-state index contributed by atoms with van der Waals surface area (Å²) >= 11 is -2.93. The zero-order chi connectivity index (χ0) is 17.0. The number of nitro benzene ring substituents is 1. The van der Waals surface area contributed by atoms with E-state index in [0.29, 0.717) is 0 Å². The maximum Gasteiger partial charge on any atom is 0.279 e. The minimum Gasteiger partial charge on any atom is -0.740 e. The topological polar surface area (TPSA) is 136 Å². The molecule has 0 spiro atoms. The normalized spacial score (nSPS) is 13.1. The van der Waals surface area contributed by atoms with Crippen LogP contribution in [-0.2, 0) is 11.4 Å². The molecule has 2 aromatic carbocycles. The summed E-state index contributed by atoms with van der Waals surface area (Å²) in [4.78, 5) is 21.1. The third-order valence-corrected chi connectivity index (χ3v) is 3.33. The molecule has 2 rings (SSSR count). The fraction of sp³-hybridized carbons (Fsp3) is 0.0769. The summed E-state index contributed by atoms with van der Waals surface area (Å²) in [5.74, 6) is -0.263. The quantitative estimate of drug-likeness (QED) is 0.447. The van der Waals surface area contributed by atoms with E-state index in [-0.39, 0.29) is 16.9 Å². The van der Waals surface area contributed by atoms with Crippen LogP contribution in [0.2, 0.25) is 0 Å². The van der Waals surface area contributed by atoms with Crippen molar-refractivity contribution in [1.82, 2.24) is 0 Å². The highest BCUT2D eigenvalue weighted by atomic mass is 32.2. The molecule has 0 aliphatic carbocycles. The van der Waals surface area contributed by atoms with Gasteiger partial charge in [0.2, 0.25) is 0 Å². The van der Waals surface area contributed by atoms with Gasteiger partial charge in [0.25, 0.3) is 11.7 Å². The smallest absolute Gasteiger partial charge is 0.279 e. The Bertz CT molecular complexity index is 780. The molecule has 2 aromatic rings. The van der Waals surface area contributed by atoms with Crippen LogP contribution < -0.4 is 4.18 Å². The van der Waals surface area contributed by atoms with E-state index in [1.54, 1.807) is 0 Å². The first-order valence-corrected chi connectivity index (χ1v) is 7.15. The highest BCUT2D eigenvalue weighted by Crippen LogP contribution is 2.36. The Kier molecular flexibility index (Phi) is 4.98. The molecule has 0 bridgehead atoms. The molecule has 2 atom stereocenters. The Balaban J connectivity index is 2.64. The molecule has 0 aromatic heterocycles. The lowest BCUT2D eigenvalue weighted by atomic mass is 9.97. The number of nitrogens with zero attached hydrogens (tertiary/aromatic N) is 2. The molecule has 0 N–H and O–H groups in total. The number of nitro groups is 2. The third kappa shape index (κ3) is 3.67. The van der Waals surface area contributed by atoms with Gasteiger partial charge in [-0.3, -0.25) is 20.2 Å². The van der Waals surface area contributed by atoms with Crippen LogP contribution in [0.4, 0.5) is 5.69 Å². The van der Waals surface area contributed by atoms with Gasteiger partial charge in [-0.15, -0.1) is 0 Å². The maximum atomic E-state index is 11.5. The Morgan fingerprint density at radius 1 is 0.957 bits per heavy atom. The molecule has 23 heavy (non-hydrogen) atoms. The SMILES string of the molecule is O=[N+]([O-])c1ccccc1C(c1ccccc1OS(=O)[O-])[N+](=O)[O-]. The van der Waals surface area contributed by atoms with Crippen molar-refractivity contribution in [3.63, 3.8) is 0 Å². The van der Waals surface area contributed by atoms with Crippen LogP contribution in [0, 0.1) is 20.2 Å². The molecule has 0 radical (unpaired) electrons. The molecule has 0 fully saturated rings. The van der Waals surface area contributed by atoms with Crippen molar-refractivity contribution in [2.45, 2.75) is 6.04 Å². The number of rotatable bonds is 6. The van der Waals surface area contributed by atoms with Crippen LogP contribution in [0.15, 0.2) is 48.5 Å². The highest BCUT2D eigenvalue weighted by molar-refractivity contribution is 7.74. The summed E-state index contributed by atoms with van der Waals surface area (Å²) in [5.41, 5.74) is -0.710. The summed E-state index contributed by atoms with van der Waals surface area (Å²) in [6.45, 7) is 0. The molecule has 0 amide bonds. The van der Waals surface area contributed by atoms with Gasteiger partial charge in [0.15, 0.2) is 0 Å². The fourth-order valence-electron chi connectivity index (χ4n) is 2.14. The highest BCUT2D eigenvalue weighted by Gasteiger charge is 2.34. The molecule has 2 unspecified atom stereocenters. The largest absolute Gasteiger partial charge is 0.740 e. The van der Waals surface area contributed by atoms with Gasteiger partial charge in [-0.1, -0.05) is 24.3 Å². The van der Waals surface area contributed by atoms with Gasteiger partial charge in [0.1, 0.15) is 22.7 Å². The Hall–Kier alpha value is -2.85. The molecular formula is C13H9N2O7S-. The zero-order valence-electron chi connectivity index (χ0n) is 11.4. The molecule has 9 nitrogen and oxygen atoms in total. The molecule has 0 saturated carbocycles. The Labute approximate surface area is 132 Å². The molecule has 0 aliphatic heterocycles. The lowest BCUT2D eigenvalue weighted by Gasteiger charge is -2.15. The number of para-hydroxylation sites is 2. The molecule has 0 heterocycles. The van der Waals surface area contributed by atoms with E-state index in [2.05, 4.69) is 4.18 Å². The molecule has 0 saturated heterocycles. The van der Waals surface area contributed by atoms with Crippen molar-refractivity contribution in [2.75, 3.05) is 0 Å². The zero-order valence-corrected chi connectivity index (χ0v) is 12.2. The minimum absolute atomic E-state index is 0.101. The summed E-state index contributed by atoms with van der Waals surface area (Å²) in [5, 5.41) is 22.6. The number of hydrogen-bond acceptors (Lipinski definition) is 7. The second kappa shape index (κ2) is 6.94. The van der Waals surface area contributed by atoms with Crippen molar-refractivity contribution in [2.24, 2.45) is 0 Å². The van der Waals surface area contributed by atoms with E-state index in [4.69, 9.17) is 0 Å². The number of hydrogen-bond donors (Lipinski definition) is 0. The predicted octanol–water partition coefficient (Wildman–Crippen LogP) is 2.13. The Morgan fingerprint density at radius 2 is 1.52 bits per heavy atom. The van der Waals surface area contributed by atoms with Crippen molar-refractivity contribution in [1.29, 1.82) is 0 Å². The average Bonchev–Trinajstić information content (AvgIpc) is 2.48. The Morgan fingerprint density at radius 3 is 2.09 bits per heavy atom. The van der Waals surface area contributed by atoms with Crippen LogP contribution in [0.5, 0.6) is 5.75 Å². The maximum absolute atomic E-state index is 11.5. The average molecular weight is 337 g/mol. The van der Waals surface area contributed by atoms with Crippen molar-refractivity contribution in [3.05, 3.63) is 79.9 Å². The second-order valence-electron chi connectivity index (χ2n) is 4.33. The first-order chi connectivity index (χ1) is 10.9. The first-order valence-electron chi connectivity index (χ1n) is 6.15. The van der Waals surface area contributed by atoms with Gasteiger partial charge in [0, 0.05) is 11.0 Å². The van der Waals surface area contributed by atoms with Gasteiger partial charge < -0.3 is 8.74 Å². The van der Waals surface area contributed by atoms with Crippen molar-refractivity contribution >= 4 is 17.0 Å². The summed E-state index contributed by atoms with van der Waals surface area (Å²) in [7, 11) is 0. The lowest BCUT2D eigenvalue weighted by Crippen LogP contribution is -2.15. The molecule has 10 heteroatoms. The van der Waals surface area contributed by atoms with E-state index in [9.17, 15) is 29.0 Å². The van der Waals surface area contributed by atoms with Gasteiger partial charge in [-0.25, -0.2) is 4.21 Å². The van der Waals surface area contributed by atoms with E-state index >= 15 is 0 Å². The van der Waals surface area contributed by atoms with Gasteiger partial charge in [-0.05, 0) is 18.2 Å². The molecular weight excluding hydrogens is 328 g/mol.